The minimum atomic E-state index is -3.79. The van der Waals surface area contributed by atoms with Crippen LogP contribution in [0.25, 0.3) is 10.4 Å². The largest absolute Gasteiger partial charge is 0.289 e. The molecule has 0 aliphatic rings. The highest BCUT2D eigenvalue weighted by atomic mass is 32.2. The van der Waals surface area contributed by atoms with Crippen molar-refractivity contribution >= 4 is 27.3 Å². The molecule has 0 unspecified atom stereocenters. The second-order valence-corrected chi connectivity index (χ2v) is 10.6. The standard InChI is InChI=1S/C23H20N6O4S2/c24-13-17-8-6-16(7-9-17)12-20(23(30)27-31)29-15-19(26-28-29)14-25-35(32,33)22-11-10-21(34-22)18-4-2-1-3-5-18/h1-11,15,20,25,31H,12,14H2,(H,27,30)/t20-/m0/s1. The van der Waals surface area contributed by atoms with E-state index in [1.54, 1.807) is 41.9 Å². The summed E-state index contributed by atoms with van der Waals surface area (Å²) in [5.41, 5.74) is 4.06. The minimum absolute atomic E-state index is 0.134. The highest BCUT2D eigenvalue weighted by Crippen LogP contribution is 2.30. The summed E-state index contributed by atoms with van der Waals surface area (Å²) in [6.45, 7) is -0.134. The molecule has 0 aliphatic carbocycles. The Morgan fingerprint density at radius 3 is 2.54 bits per heavy atom. The van der Waals surface area contributed by atoms with Crippen molar-refractivity contribution in [2.75, 3.05) is 0 Å². The highest BCUT2D eigenvalue weighted by molar-refractivity contribution is 7.91. The van der Waals surface area contributed by atoms with E-state index in [1.807, 2.05) is 36.4 Å². The molecule has 1 atom stereocenters. The van der Waals surface area contributed by atoms with Crippen LogP contribution in [0.3, 0.4) is 0 Å². The van der Waals surface area contributed by atoms with Crippen molar-refractivity contribution in [3.8, 4) is 16.5 Å². The van der Waals surface area contributed by atoms with Crippen LogP contribution in [-0.2, 0) is 27.8 Å². The lowest BCUT2D eigenvalue weighted by Crippen LogP contribution is -2.32. The third-order valence-electron chi connectivity index (χ3n) is 5.15. The number of amides is 1. The third-order valence-corrected chi connectivity index (χ3v) is 8.18. The van der Waals surface area contributed by atoms with Gasteiger partial charge in [0.15, 0.2) is 0 Å². The molecule has 178 valence electrons. The van der Waals surface area contributed by atoms with Gasteiger partial charge in [-0.2, -0.15) is 5.26 Å². The Bertz CT molecular complexity index is 1460. The number of hydrogen-bond acceptors (Lipinski definition) is 8. The summed E-state index contributed by atoms with van der Waals surface area (Å²) in [4.78, 5) is 13.1. The lowest BCUT2D eigenvalue weighted by molar-refractivity contribution is -0.133. The molecule has 10 nitrogen and oxygen atoms in total. The second kappa shape index (κ2) is 10.6. The summed E-state index contributed by atoms with van der Waals surface area (Å²) >= 11 is 1.16. The summed E-state index contributed by atoms with van der Waals surface area (Å²) in [6.07, 6.45) is 1.61. The number of nitrogens with zero attached hydrogens (tertiary/aromatic N) is 4. The number of nitrogens with one attached hydrogen (secondary N) is 2. The van der Waals surface area contributed by atoms with Crippen molar-refractivity contribution in [1.29, 1.82) is 5.26 Å². The van der Waals surface area contributed by atoms with Crippen molar-refractivity contribution < 1.29 is 18.4 Å². The van der Waals surface area contributed by atoms with Crippen LogP contribution in [0, 0.1) is 11.3 Å². The number of carbonyl (C=O) groups is 1. The van der Waals surface area contributed by atoms with Gasteiger partial charge in [-0.25, -0.2) is 23.3 Å². The molecule has 1 amide bonds. The van der Waals surface area contributed by atoms with Crippen LogP contribution in [0.15, 0.2) is 77.1 Å². The van der Waals surface area contributed by atoms with Gasteiger partial charge in [-0.05, 0) is 35.4 Å². The average molecular weight is 509 g/mol. The molecular formula is C23H20N6O4S2. The third kappa shape index (κ3) is 5.79. The van der Waals surface area contributed by atoms with Gasteiger partial charge in [0.1, 0.15) is 10.3 Å². The summed E-state index contributed by atoms with van der Waals surface area (Å²) in [5, 5.41) is 26.0. The minimum Gasteiger partial charge on any atom is -0.289 e. The van der Waals surface area contributed by atoms with Gasteiger partial charge >= 0.3 is 0 Å². The number of carbonyl (C=O) groups excluding carboxylic acids is 1. The van der Waals surface area contributed by atoms with Crippen molar-refractivity contribution in [2.24, 2.45) is 0 Å². The maximum absolute atomic E-state index is 12.8. The van der Waals surface area contributed by atoms with E-state index in [0.29, 0.717) is 11.3 Å². The fraction of sp³-hybridized carbons (Fsp3) is 0.130. The number of rotatable bonds is 9. The fourth-order valence-corrected chi connectivity index (χ4v) is 5.68. The lowest BCUT2D eigenvalue weighted by Gasteiger charge is -2.14. The Balaban J connectivity index is 1.45. The zero-order valence-electron chi connectivity index (χ0n) is 18.2. The molecule has 0 fully saturated rings. The predicted octanol–water partition coefficient (Wildman–Crippen LogP) is 2.65. The van der Waals surface area contributed by atoms with E-state index in [-0.39, 0.29) is 17.2 Å². The van der Waals surface area contributed by atoms with Crippen LogP contribution >= 0.6 is 11.3 Å². The van der Waals surface area contributed by atoms with Crippen LogP contribution in [0.5, 0.6) is 0 Å². The van der Waals surface area contributed by atoms with Crippen LogP contribution in [0.1, 0.15) is 22.9 Å². The predicted molar refractivity (Wildman–Crippen MR) is 128 cm³/mol. The molecular weight excluding hydrogens is 488 g/mol. The monoisotopic (exact) mass is 508 g/mol. The van der Waals surface area contributed by atoms with E-state index in [9.17, 15) is 13.2 Å². The number of hydroxylamine groups is 1. The quantitative estimate of drug-likeness (QED) is 0.232. The lowest BCUT2D eigenvalue weighted by atomic mass is 10.0. The van der Waals surface area contributed by atoms with Crippen molar-refractivity contribution in [2.45, 2.75) is 23.2 Å². The van der Waals surface area contributed by atoms with Gasteiger partial charge in [-0.3, -0.25) is 10.0 Å². The normalized spacial score (nSPS) is 12.1. The van der Waals surface area contributed by atoms with Crippen LogP contribution in [0.4, 0.5) is 0 Å². The summed E-state index contributed by atoms with van der Waals surface area (Å²) in [5.74, 6) is -0.710. The molecule has 2 heterocycles. The van der Waals surface area contributed by atoms with E-state index in [1.165, 1.54) is 10.9 Å². The molecule has 0 bridgehead atoms. The smallest absolute Gasteiger partial charge is 0.268 e. The van der Waals surface area contributed by atoms with E-state index in [4.69, 9.17) is 10.5 Å². The summed E-state index contributed by atoms with van der Waals surface area (Å²) in [6, 6.07) is 20.5. The number of benzene rings is 2. The summed E-state index contributed by atoms with van der Waals surface area (Å²) in [7, 11) is -3.79. The van der Waals surface area contributed by atoms with Crippen LogP contribution < -0.4 is 10.2 Å². The molecule has 0 radical (unpaired) electrons. The van der Waals surface area contributed by atoms with Gasteiger partial charge in [0.25, 0.3) is 5.91 Å². The molecule has 4 aromatic rings. The Hall–Kier alpha value is -3.89. The van der Waals surface area contributed by atoms with Gasteiger partial charge in [-0.1, -0.05) is 47.7 Å². The van der Waals surface area contributed by atoms with E-state index >= 15 is 0 Å². The number of hydrogen-bond donors (Lipinski definition) is 3. The van der Waals surface area contributed by atoms with Gasteiger partial charge in [0, 0.05) is 11.3 Å². The molecule has 12 heteroatoms. The molecule has 0 saturated heterocycles. The van der Waals surface area contributed by atoms with Crippen molar-refractivity contribution in [1.82, 2.24) is 25.2 Å². The number of sulfonamides is 1. The van der Waals surface area contributed by atoms with Gasteiger partial charge in [-0.15, -0.1) is 16.4 Å². The fourth-order valence-electron chi connectivity index (χ4n) is 3.33. The van der Waals surface area contributed by atoms with Crippen molar-refractivity contribution in [3.05, 3.63) is 89.7 Å². The molecule has 0 spiro atoms. The topological polar surface area (TPSA) is 150 Å². The van der Waals surface area contributed by atoms with Crippen LogP contribution in [0.2, 0.25) is 0 Å². The first-order valence-corrected chi connectivity index (χ1v) is 12.7. The first-order chi connectivity index (χ1) is 16.9. The maximum Gasteiger partial charge on any atom is 0.268 e. The molecule has 3 N–H and O–H groups in total. The molecule has 35 heavy (non-hydrogen) atoms. The Labute approximate surface area is 205 Å². The van der Waals surface area contributed by atoms with Gasteiger partial charge in [0.2, 0.25) is 10.0 Å². The van der Waals surface area contributed by atoms with Crippen molar-refractivity contribution in [3.63, 3.8) is 0 Å². The zero-order chi connectivity index (χ0) is 24.8. The van der Waals surface area contributed by atoms with Gasteiger partial charge in [0.05, 0.1) is 30.1 Å². The van der Waals surface area contributed by atoms with Crippen LogP contribution in [-0.4, -0.2) is 34.5 Å². The Morgan fingerprint density at radius 2 is 1.86 bits per heavy atom. The molecule has 0 aliphatic heterocycles. The summed E-state index contributed by atoms with van der Waals surface area (Å²) < 4.78 is 29.5. The van der Waals surface area contributed by atoms with E-state index in [0.717, 1.165) is 27.3 Å². The number of thiophene rings is 1. The second-order valence-electron chi connectivity index (χ2n) is 7.50. The SMILES string of the molecule is N#Cc1ccc(C[C@@H](C(=O)NO)n2cc(CNS(=O)(=O)c3ccc(-c4ccccc4)s3)nn2)cc1. The first kappa shape index (κ1) is 24.2. The number of aromatic nitrogens is 3. The van der Waals surface area contributed by atoms with E-state index in [2.05, 4.69) is 15.0 Å². The van der Waals surface area contributed by atoms with E-state index < -0.39 is 22.0 Å². The maximum atomic E-state index is 12.8. The Kier molecular flexibility index (Phi) is 7.33. The average Bonchev–Trinajstić information content (AvgIpc) is 3.57. The molecule has 0 saturated carbocycles. The zero-order valence-corrected chi connectivity index (χ0v) is 19.8. The van der Waals surface area contributed by atoms with Gasteiger partial charge < -0.3 is 0 Å². The molecule has 2 aromatic heterocycles. The first-order valence-electron chi connectivity index (χ1n) is 10.4. The molecule has 4 rings (SSSR count). The number of nitriles is 1. The molecule has 2 aromatic carbocycles. The Morgan fingerprint density at radius 1 is 1.11 bits per heavy atom. The highest BCUT2D eigenvalue weighted by Gasteiger charge is 2.23.